The van der Waals surface area contributed by atoms with Gasteiger partial charge in [-0.3, -0.25) is 9.89 Å². The van der Waals surface area contributed by atoms with Gasteiger partial charge >= 0.3 is 0 Å². The van der Waals surface area contributed by atoms with Gasteiger partial charge in [-0.15, -0.1) is 0 Å². The van der Waals surface area contributed by atoms with E-state index in [9.17, 15) is 4.79 Å². The van der Waals surface area contributed by atoms with Crippen molar-refractivity contribution in [1.82, 2.24) is 19.7 Å². The number of likely N-dealkylation sites (tertiary alicyclic amines) is 1. The smallest absolute Gasteiger partial charge is 0.225 e. The van der Waals surface area contributed by atoms with E-state index < -0.39 is 0 Å². The van der Waals surface area contributed by atoms with E-state index in [-0.39, 0.29) is 5.92 Å². The van der Waals surface area contributed by atoms with Crippen molar-refractivity contribution in [2.75, 3.05) is 13.1 Å². The van der Waals surface area contributed by atoms with Crippen molar-refractivity contribution in [1.29, 1.82) is 0 Å². The molecule has 134 valence electrons. The number of H-pyrrole nitrogens is 1. The Kier molecular flexibility index (Phi) is 4.64. The SMILES string of the molecule is Cc1cc(C2CCCN(C(=O)C3CCC(n4cccc4)CC3)C2)n[nH]1. The molecule has 0 aromatic carbocycles. The first-order valence-corrected chi connectivity index (χ1v) is 9.64. The van der Waals surface area contributed by atoms with Gasteiger partial charge in [-0.2, -0.15) is 5.10 Å². The molecule has 1 saturated heterocycles. The Balaban J connectivity index is 1.35. The lowest BCUT2D eigenvalue weighted by molar-refractivity contribution is -0.138. The Labute approximate surface area is 149 Å². The number of amides is 1. The molecular weight excluding hydrogens is 312 g/mol. The quantitative estimate of drug-likeness (QED) is 0.927. The molecule has 1 aliphatic carbocycles. The van der Waals surface area contributed by atoms with Crippen LogP contribution < -0.4 is 0 Å². The van der Waals surface area contributed by atoms with Crippen molar-refractivity contribution >= 4 is 5.91 Å². The lowest BCUT2D eigenvalue weighted by Gasteiger charge is -2.36. The van der Waals surface area contributed by atoms with Crippen molar-refractivity contribution in [3.63, 3.8) is 0 Å². The van der Waals surface area contributed by atoms with E-state index >= 15 is 0 Å². The third-order valence-corrected chi connectivity index (χ3v) is 5.97. The number of nitrogens with one attached hydrogen (secondary N) is 1. The topological polar surface area (TPSA) is 53.9 Å². The minimum Gasteiger partial charge on any atom is -0.351 e. The second-order valence-electron chi connectivity index (χ2n) is 7.73. The average Bonchev–Trinajstić information content (AvgIpc) is 3.33. The van der Waals surface area contributed by atoms with Crippen molar-refractivity contribution < 1.29 is 4.79 Å². The van der Waals surface area contributed by atoms with Crippen LogP contribution in [-0.4, -0.2) is 38.7 Å². The zero-order valence-electron chi connectivity index (χ0n) is 15.0. The molecule has 1 aliphatic heterocycles. The zero-order chi connectivity index (χ0) is 17.2. The van der Waals surface area contributed by atoms with Crippen LogP contribution in [0.5, 0.6) is 0 Å². The molecule has 2 fully saturated rings. The zero-order valence-corrected chi connectivity index (χ0v) is 15.0. The van der Waals surface area contributed by atoms with Crippen LogP contribution in [0.3, 0.4) is 0 Å². The Morgan fingerprint density at radius 3 is 2.60 bits per heavy atom. The van der Waals surface area contributed by atoms with E-state index in [1.807, 2.05) is 6.92 Å². The summed E-state index contributed by atoms with van der Waals surface area (Å²) in [6.07, 6.45) is 10.8. The van der Waals surface area contributed by atoms with Gasteiger partial charge in [-0.1, -0.05) is 0 Å². The molecule has 2 aromatic heterocycles. The maximum absolute atomic E-state index is 13.0. The minimum atomic E-state index is 0.214. The molecule has 2 aromatic rings. The number of carbonyl (C=O) groups excluding carboxylic acids is 1. The fourth-order valence-corrected chi connectivity index (χ4v) is 4.54. The largest absolute Gasteiger partial charge is 0.351 e. The van der Waals surface area contributed by atoms with Crippen LogP contribution in [-0.2, 0) is 4.79 Å². The fourth-order valence-electron chi connectivity index (χ4n) is 4.54. The summed E-state index contributed by atoms with van der Waals surface area (Å²) >= 11 is 0. The highest BCUT2D eigenvalue weighted by molar-refractivity contribution is 5.79. The van der Waals surface area contributed by atoms with E-state index in [0.717, 1.165) is 63.0 Å². The summed E-state index contributed by atoms with van der Waals surface area (Å²) in [6.45, 7) is 3.78. The molecule has 0 radical (unpaired) electrons. The molecule has 2 aliphatic rings. The van der Waals surface area contributed by atoms with Crippen LogP contribution >= 0.6 is 0 Å². The monoisotopic (exact) mass is 340 g/mol. The van der Waals surface area contributed by atoms with Gasteiger partial charge in [-0.25, -0.2) is 0 Å². The van der Waals surface area contributed by atoms with Crippen molar-refractivity contribution in [3.05, 3.63) is 42.0 Å². The third-order valence-electron chi connectivity index (χ3n) is 5.97. The van der Waals surface area contributed by atoms with Gasteiger partial charge in [0.1, 0.15) is 0 Å². The van der Waals surface area contributed by atoms with Gasteiger partial charge in [0.2, 0.25) is 5.91 Å². The molecule has 1 unspecified atom stereocenters. The highest BCUT2D eigenvalue weighted by Gasteiger charge is 2.33. The molecule has 0 spiro atoms. The molecule has 1 saturated carbocycles. The number of aromatic amines is 1. The highest BCUT2D eigenvalue weighted by Crippen LogP contribution is 2.34. The van der Waals surface area contributed by atoms with Gasteiger partial charge in [0.15, 0.2) is 0 Å². The number of aromatic nitrogens is 3. The van der Waals surface area contributed by atoms with Gasteiger partial charge in [0, 0.05) is 49.1 Å². The van der Waals surface area contributed by atoms with Crippen LogP contribution in [0.25, 0.3) is 0 Å². The molecule has 1 amide bonds. The predicted octanol–water partition coefficient (Wildman–Crippen LogP) is 3.66. The minimum absolute atomic E-state index is 0.214. The molecule has 0 bridgehead atoms. The summed E-state index contributed by atoms with van der Waals surface area (Å²) < 4.78 is 2.30. The normalized spacial score (nSPS) is 27.4. The summed E-state index contributed by atoms with van der Waals surface area (Å²) in [4.78, 5) is 15.1. The van der Waals surface area contributed by atoms with Crippen LogP contribution in [0.4, 0.5) is 0 Å². The van der Waals surface area contributed by atoms with Crippen molar-refractivity contribution in [2.24, 2.45) is 5.92 Å². The number of aryl methyl sites for hydroxylation is 1. The molecule has 3 heterocycles. The molecule has 4 rings (SSSR count). The first kappa shape index (κ1) is 16.4. The standard InChI is InChI=1S/C20H28N4O/c1-15-13-19(22-21-15)17-5-4-12-24(14-17)20(25)16-6-8-18(9-7-16)23-10-2-3-11-23/h2-3,10-11,13,16-18H,4-9,12,14H2,1H3,(H,21,22). The molecule has 1 N–H and O–H groups in total. The van der Waals surface area contributed by atoms with E-state index in [1.54, 1.807) is 0 Å². The Morgan fingerprint density at radius 1 is 1.16 bits per heavy atom. The number of carbonyl (C=O) groups is 1. The summed E-state index contributed by atoms with van der Waals surface area (Å²) in [5, 5.41) is 7.45. The summed E-state index contributed by atoms with van der Waals surface area (Å²) in [7, 11) is 0. The van der Waals surface area contributed by atoms with Crippen LogP contribution in [0, 0.1) is 12.8 Å². The molecule has 5 heteroatoms. The van der Waals surface area contributed by atoms with Crippen LogP contribution in [0.15, 0.2) is 30.6 Å². The van der Waals surface area contributed by atoms with Crippen molar-refractivity contribution in [3.8, 4) is 0 Å². The van der Waals surface area contributed by atoms with Crippen molar-refractivity contribution in [2.45, 2.75) is 57.4 Å². The van der Waals surface area contributed by atoms with Gasteiger partial charge in [-0.05, 0) is 63.6 Å². The summed E-state index contributed by atoms with van der Waals surface area (Å²) in [5.41, 5.74) is 2.22. The predicted molar refractivity (Wildman–Crippen MR) is 97.3 cm³/mol. The Bertz CT molecular complexity index is 697. The Hall–Kier alpha value is -2.04. The Morgan fingerprint density at radius 2 is 1.92 bits per heavy atom. The van der Waals surface area contributed by atoms with Crippen LogP contribution in [0.2, 0.25) is 0 Å². The van der Waals surface area contributed by atoms with E-state index in [4.69, 9.17) is 0 Å². The first-order valence-electron chi connectivity index (χ1n) is 9.64. The second-order valence-corrected chi connectivity index (χ2v) is 7.73. The third kappa shape index (κ3) is 3.51. The number of hydrogen-bond acceptors (Lipinski definition) is 2. The first-order chi connectivity index (χ1) is 12.2. The highest BCUT2D eigenvalue weighted by atomic mass is 16.2. The molecule has 25 heavy (non-hydrogen) atoms. The maximum Gasteiger partial charge on any atom is 0.225 e. The van der Waals surface area contributed by atoms with E-state index in [0.29, 0.717) is 17.9 Å². The lowest BCUT2D eigenvalue weighted by Crippen LogP contribution is -2.43. The van der Waals surface area contributed by atoms with Crippen LogP contribution in [0.1, 0.15) is 61.9 Å². The van der Waals surface area contributed by atoms with Gasteiger partial charge in [0.05, 0.1) is 5.69 Å². The molecular formula is C20H28N4O. The molecule has 1 atom stereocenters. The second kappa shape index (κ2) is 7.06. The average molecular weight is 340 g/mol. The van der Waals surface area contributed by atoms with Gasteiger partial charge in [0.25, 0.3) is 0 Å². The summed E-state index contributed by atoms with van der Waals surface area (Å²) in [5.74, 6) is 0.980. The van der Waals surface area contributed by atoms with E-state index in [2.05, 4.69) is 50.3 Å². The lowest BCUT2D eigenvalue weighted by atomic mass is 9.84. The maximum atomic E-state index is 13.0. The number of hydrogen-bond donors (Lipinski definition) is 1. The summed E-state index contributed by atoms with van der Waals surface area (Å²) in [6, 6.07) is 6.87. The molecule has 5 nitrogen and oxygen atoms in total. The fraction of sp³-hybridized carbons (Fsp3) is 0.600. The number of rotatable bonds is 3. The number of piperidine rings is 1. The number of nitrogens with zero attached hydrogens (tertiary/aromatic N) is 3. The van der Waals surface area contributed by atoms with E-state index in [1.165, 1.54) is 0 Å². The van der Waals surface area contributed by atoms with Gasteiger partial charge < -0.3 is 9.47 Å².